The lowest BCUT2D eigenvalue weighted by Crippen LogP contribution is -2.34. The van der Waals surface area contributed by atoms with E-state index in [9.17, 15) is 8.78 Å². The molecule has 7 heteroatoms. The minimum absolute atomic E-state index is 0.0772. The van der Waals surface area contributed by atoms with Crippen LogP contribution in [0.4, 0.5) is 8.78 Å². The Morgan fingerprint density at radius 1 is 0.968 bits per heavy atom. The molecule has 2 heterocycles. The number of hydrazone groups is 1. The standard InChI is InChI=1S/C24H20F2N2O3/c1-29-16-12-10-15(11-13-16)19-14-20-17-6-2-4-8-21(17)30-23(28(20)27-19)18-7-3-5-9-22(18)31-24(25)26/h2-13,20,23-24H,14H2,1H3/t20-,23+/m1/s1. The van der Waals surface area contributed by atoms with Gasteiger partial charge in [-0.05, 0) is 48.0 Å². The molecular weight excluding hydrogens is 402 g/mol. The summed E-state index contributed by atoms with van der Waals surface area (Å²) in [5.74, 6) is 1.56. The topological polar surface area (TPSA) is 43.3 Å². The second-order valence-electron chi connectivity index (χ2n) is 7.30. The number of benzene rings is 3. The monoisotopic (exact) mass is 422 g/mol. The summed E-state index contributed by atoms with van der Waals surface area (Å²) in [7, 11) is 1.63. The van der Waals surface area contributed by atoms with E-state index in [1.165, 1.54) is 6.07 Å². The Labute approximate surface area is 178 Å². The van der Waals surface area contributed by atoms with Crippen molar-refractivity contribution in [2.24, 2.45) is 5.10 Å². The molecule has 0 radical (unpaired) electrons. The molecule has 2 aliphatic heterocycles. The number of fused-ring (bicyclic) bond motifs is 3. The van der Waals surface area contributed by atoms with Gasteiger partial charge in [-0.2, -0.15) is 13.9 Å². The second kappa shape index (κ2) is 7.91. The quantitative estimate of drug-likeness (QED) is 0.542. The molecular formula is C24H20F2N2O3. The van der Waals surface area contributed by atoms with E-state index in [0.29, 0.717) is 17.7 Å². The molecule has 0 aliphatic carbocycles. The van der Waals surface area contributed by atoms with Crippen molar-refractivity contribution in [3.8, 4) is 17.2 Å². The van der Waals surface area contributed by atoms with Crippen LogP contribution in [0.25, 0.3) is 0 Å². The number of para-hydroxylation sites is 2. The van der Waals surface area contributed by atoms with Gasteiger partial charge in [-0.25, -0.2) is 5.01 Å². The first-order valence-corrected chi connectivity index (χ1v) is 9.93. The van der Waals surface area contributed by atoms with Gasteiger partial charge in [0.25, 0.3) is 0 Å². The lowest BCUT2D eigenvalue weighted by atomic mass is 9.96. The zero-order valence-electron chi connectivity index (χ0n) is 16.7. The average molecular weight is 422 g/mol. The smallest absolute Gasteiger partial charge is 0.387 e. The molecule has 0 spiro atoms. The van der Waals surface area contributed by atoms with Crippen LogP contribution >= 0.6 is 0 Å². The van der Waals surface area contributed by atoms with Crippen molar-refractivity contribution in [3.63, 3.8) is 0 Å². The van der Waals surface area contributed by atoms with E-state index in [1.54, 1.807) is 25.3 Å². The third-order valence-corrected chi connectivity index (χ3v) is 5.52. The molecule has 3 aromatic rings. The van der Waals surface area contributed by atoms with Gasteiger partial charge in [-0.3, -0.25) is 0 Å². The molecule has 3 aromatic carbocycles. The van der Waals surface area contributed by atoms with Crippen LogP contribution in [0.15, 0.2) is 77.9 Å². The highest BCUT2D eigenvalue weighted by Gasteiger charge is 2.42. The van der Waals surface area contributed by atoms with Crippen molar-refractivity contribution >= 4 is 5.71 Å². The van der Waals surface area contributed by atoms with Crippen LogP contribution in [0.5, 0.6) is 17.2 Å². The van der Waals surface area contributed by atoms with Crippen molar-refractivity contribution < 1.29 is 23.0 Å². The number of rotatable bonds is 5. The van der Waals surface area contributed by atoms with Crippen LogP contribution < -0.4 is 14.2 Å². The Balaban J connectivity index is 1.57. The molecule has 0 saturated heterocycles. The van der Waals surface area contributed by atoms with Crippen LogP contribution in [0.2, 0.25) is 0 Å². The maximum Gasteiger partial charge on any atom is 0.387 e. The Kier molecular flexibility index (Phi) is 4.94. The molecule has 0 N–H and O–H groups in total. The Bertz CT molecular complexity index is 1120. The van der Waals surface area contributed by atoms with Gasteiger partial charge in [0.2, 0.25) is 6.23 Å². The van der Waals surface area contributed by atoms with Gasteiger partial charge in [-0.1, -0.05) is 30.3 Å². The molecule has 2 aliphatic rings. The number of methoxy groups -OCH3 is 1. The number of alkyl halides is 2. The third kappa shape index (κ3) is 3.56. The summed E-state index contributed by atoms with van der Waals surface area (Å²) >= 11 is 0. The summed E-state index contributed by atoms with van der Waals surface area (Å²) in [5, 5.41) is 6.70. The van der Waals surface area contributed by atoms with Gasteiger partial charge in [0, 0.05) is 12.0 Å². The second-order valence-corrected chi connectivity index (χ2v) is 7.30. The third-order valence-electron chi connectivity index (χ3n) is 5.52. The number of hydrogen-bond acceptors (Lipinski definition) is 5. The van der Waals surface area contributed by atoms with E-state index in [0.717, 1.165) is 22.6 Å². The molecule has 31 heavy (non-hydrogen) atoms. The van der Waals surface area contributed by atoms with Crippen LogP contribution in [-0.2, 0) is 0 Å². The van der Waals surface area contributed by atoms with Crippen molar-refractivity contribution in [1.29, 1.82) is 0 Å². The molecule has 5 nitrogen and oxygen atoms in total. The lowest BCUT2D eigenvalue weighted by Gasteiger charge is -2.38. The highest BCUT2D eigenvalue weighted by atomic mass is 19.3. The van der Waals surface area contributed by atoms with E-state index in [-0.39, 0.29) is 11.8 Å². The first kappa shape index (κ1) is 19.4. The molecule has 0 amide bonds. The largest absolute Gasteiger partial charge is 0.497 e. The van der Waals surface area contributed by atoms with Crippen molar-refractivity contribution in [3.05, 3.63) is 89.5 Å². The van der Waals surface area contributed by atoms with Crippen LogP contribution in [0.1, 0.15) is 35.4 Å². The van der Waals surface area contributed by atoms with E-state index < -0.39 is 12.8 Å². The SMILES string of the molecule is COc1ccc(C2=NN3[C@H](C2)c2ccccc2O[C@H]3c2ccccc2OC(F)F)cc1. The minimum Gasteiger partial charge on any atom is -0.497 e. The maximum absolute atomic E-state index is 13.0. The number of halogens is 2. The summed E-state index contributed by atoms with van der Waals surface area (Å²) in [6.07, 6.45) is -0.0215. The molecule has 2 atom stereocenters. The zero-order chi connectivity index (χ0) is 21.4. The van der Waals surface area contributed by atoms with Gasteiger partial charge in [0.15, 0.2) is 0 Å². The van der Waals surface area contributed by atoms with Crippen LogP contribution in [0.3, 0.4) is 0 Å². The summed E-state index contributed by atoms with van der Waals surface area (Å²) in [6.45, 7) is -2.93. The fourth-order valence-corrected chi connectivity index (χ4v) is 4.09. The Hall–Kier alpha value is -3.61. The Morgan fingerprint density at radius 2 is 1.68 bits per heavy atom. The van der Waals surface area contributed by atoms with Gasteiger partial charge in [0.1, 0.15) is 17.2 Å². The van der Waals surface area contributed by atoms with Crippen LogP contribution in [-0.4, -0.2) is 24.4 Å². The Morgan fingerprint density at radius 3 is 2.42 bits per heavy atom. The summed E-state index contributed by atoms with van der Waals surface area (Å²) in [5.41, 5.74) is 3.38. The average Bonchev–Trinajstić information content (AvgIpc) is 3.24. The van der Waals surface area contributed by atoms with E-state index in [4.69, 9.17) is 19.3 Å². The molecule has 158 valence electrons. The van der Waals surface area contributed by atoms with Gasteiger partial charge in [0.05, 0.1) is 24.4 Å². The highest BCUT2D eigenvalue weighted by Crippen LogP contribution is 2.48. The summed E-state index contributed by atoms with van der Waals surface area (Å²) in [4.78, 5) is 0. The number of hydrogen-bond donors (Lipinski definition) is 0. The molecule has 0 fully saturated rings. The van der Waals surface area contributed by atoms with Gasteiger partial charge >= 0.3 is 6.61 Å². The first-order valence-electron chi connectivity index (χ1n) is 9.93. The van der Waals surface area contributed by atoms with Crippen molar-refractivity contribution in [2.75, 3.05) is 7.11 Å². The van der Waals surface area contributed by atoms with E-state index >= 15 is 0 Å². The lowest BCUT2D eigenvalue weighted by molar-refractivity contribution is -0.0578. The maximum atomic E-state index is 13.0. The zero-order valence-corrected chi connectivity index (χ0v) is 16.7. The molecule has 5 rings (SSSR count). The van der Waals surface area contributed by atoms with Gasteiger partial charge < -0.3 is 14.2 Å². The first-order chi connectivity index (χ1) is 15.1. The predicted octanol–water partition coefficient (Wildman–Crippen LogP) is 5.54. The van der Waals surface area contributed by atoms with Crippen LogP contribution in [0, 0.1) is 0 Å². The molecule has 0 unspecified atom stereocenters. The molecule has 0 aromatic heterocycles. The summed E-state index contributed by atoms with van der Waals surface area (Å²) in [6, 6.07) is 22.1. The minimum atomic E-state index is -2.93. The molecule has 0 bridgehead atoms. The predicted molar refractivity (Wildman–Crippen MR) is 112 cm³/mol. The molecule has 0 saturated carbocycles. The van der Waals surface area contributed by atoms with E-state index in [2.05, 4.69) is 0 Å². The van der Waals surface area contributed by atoms with Crippen molar-refractivity contribution in [2.45, 2.75) is 25.3 Å². The normalized spacial score (nSPS) is 19.4. The van der Waals surface area contributed by atoms with Gasteiger partial charge in [-0.15, -0.1) is 0 Å². The number of nitrogens with zero attached hydrogens (tertiary/aromatic N) is 2. The highest BCUT2D eigenvalue weighted by molar-refractivity contribution is 6.02. The van der Waals surface area contributed by atoms with Crippen molar-refractivity contribution in [1.82, 2.24) is 5.01 Å². The summed E-state index contributed by atoms with van der Waals surface area (Å²) < 4.78 is 42.3. The fourth-order valence-electron chi connectivity index (χ4n) is 4.09. The fraction of sp³-hybridized carbons (Fsp3) is 0.208. The number of ether oxygens (including phenoxy) is 3. The van der Waals surface area contributed by atoms with E-state index in [1.807, 2.05) is 53.5 Å².